The van der Waals surface area contributed by atoms with Crippen molar-refractivity contribution in [1.29, 1.82) is 5.26 Å². The molecule has 0 fully saturated rings. The van der Waals surface area contributed by atoms with Crippen LogP contribution in [0.5, 0.6) is 5.75 Å². The van der Waals surface area contributed by atoms with E-state index in [1.165, 1.54) is 36.6 Å². The maximum Gasteiger partial charge on any atom is 0.335 e. The van der Waals surface area contributed by atoms with E-state index < -0.39 is 16.0 Å². The molecule has 0 saturated carbocycles. The number of benzene rings is 2. The number of carboxylic acid groups (broad SMARTS) is 1. The molecular weight excluding hydrogens is 400 g/mol. The number of aromatic carboxylic acids is 1. The molecule has 28 heavy (non-hydrogen) atoms. The van der Waals surface area contributed by atoms with E-state index in [1.807, 2.05) is 23.6 Å². The summed E-state index contributed by atoms with van der Waals surface area (Å²) in [6.45, 7) is 0. The van der Waals surface area contributed by atoms with Crippen LogP contribution in [0, 0.1) is 11.3 Å². The minimum absolute atomic E-state index is 0.00612. The lowest BCUT2D eigenvalue weighted by Gasteiger charge is -2.15. The summed E-state index contributed by atoms with van der Waals surface area (Å²) in [7, 11) is -2.90. The van der Waals surface area contributed by atoms with Crippen molar-refractivity contribution in [2.24, 2.45) is 0 Å². The number of thiophene rings is 1. The average Bonchev–Trinajstić information content (AvgIpc) is 3.21. The van der Waals surface area contributed by atoms with Crippen molar-refractivity contribution in [1.82, 2.24) is 0 Å². The van der Waals surface area contributed by atoms with Crippen molar-refractivity contribution < 1.29 is 23.1 Å². The molecule has 1 aromatic heterocycles. The monoisotopic (exact) mass is 414 g/mol. The Labute approximate surface area is 165 Å². The maximum atomic E-state index is 13.0. The summed E-state index contributed by atoms with van der Waals surface area (Å²) in [6, 6.07) is 13.9. The molecule has 0 saturated heterocycles. The number of nitrogens with one attached hydrogen (secondary N) is 1. The standard InChI is InChI=1S/C19H14N2O5S2/c1-26-16-7-5-13(19(22)23)10-18(16)28(24,25)21-15-9-12(11-20)4-6-14(15)17-3-2-8-27-17/h2-10,21H,1H3,(H,22,23). The Hall–Kier alpha value is -3.35. The van der Waals surface area contributed by atoms with Gasteiger partial charge in [-0.15, -0.1) is 11.3 Å². The molecule has 0 aliphatic carbocycles. The number of methoxy groups -OCH3 is 1. The molecule has 0 radical (unpaired) electrons. The lowest BCUT2D eigenvalue weighted by Crippen LogP contribution is -2.15. The number of nitriles is 1. The zero-order valence-corrected chi connectivity index (χ0v) is 16.2. The maximum absolute atomic E-state index is 13.0. The first-order valence-corrected chi connectivity index (χ1v) is 10.2. The molecular formula is C19H14N2O5S2. The summed E-state index contributed by atoms with van der Waals surface area (Å²) >= 11 is 1.42. The Balaban J connectivity index is 2.12. The highest BCUT2D eigenvalue weighted by Crippen LogP contribution is 2.35. The highest BCUT2D eigenvalue weighted by Gasteiger charge is 2.23. The van der Waals surface area contributed by atoms with Crippen molar-refractivity contribution in [3.63, 3.8) is 0 Å². The van der Waals surface area contributed by atoms with Gasteiger partial charge in [0, 0.05) is 10.4 Å². The van der Waals surface area contributed by atoms with Gasteiger partial charge in [0.05, 0.1) is 30.0 Å². The molecule has 2 N–H and O–H groups in total. The van der Waals surface area contributed by atoms with Crippen LogP contribution in [0.1, 0.15) is 15.9 Å². The van der Waals surface area contributed by atoms with Gasteiger partial charge in [-0.2, -0.15) is 5.26 Å². The van der Waals surface area contributed by atoms with Gasteiger partial charge in [0.2, 0.25) is 0 Å². The van der Waals surface area contributed by atoms with Crippen LogP contribution in [0.3, 0.4) is 0 Å². The molecule has 0 unspecified atom stereocenters. The number of carbonyl (C=O) groups is 1. The predicted octanol–water partition coefficient (Wildman–Crippen LogP) is 3.79. The Morgan fingerprint density at radius 2 is 2.00 bits per heavy atom. The SMILES string of the molecule is COc1ccc(C(=O)O)cc1S(=O)(=O)Nc1cc(C#N)ccc1-c1cccs1. The van der Waals surface area contributed by atoms with Gasteiger partial charge in [-0.3, -0.25) is 4.72 Å². The van der Waals surface area contributed by atoms with Crippen LogP contribution in [0.4, 0.5) is 5.69 Å². The van der Waals surface area contributed by atoms with Gasteiger partial charge < -0.3 is 9.84 Å². The summed E-state index contributed by atoms with van der Waals surface area (Å²) in [6.07, 6.45) is 0. The van der Waals surface area contributed by atoms with E-state index in [9.17, 15) is 18.3 Å². The van der Waals surface area contributed by atoms with E-state index in [2.05, 4.69) is 4.72 Å². The minimum Gasteiger partial charge on any atom is -0.495 e. The van der Waals surface area contributed by atoms with Gasteiger partial charge >= 0.3 is 5.97 Å². The Morgan fingerprint density at radius 1 is 1.21 bits per heavy atom. The molecule has 142 valence electrons. The molecule has 0 atom stereocenters. The Bertz CT molecular complexity index is 1180. The third-order valence-corrected chi connectivity index (χ3v) is 6.17. The first-order chi connectivity index (χ1) is 13.4. The van der Waals surface area contributed by atoms with Crippen molar-refractivity contribution in [2.45, 2.75) is 4.90 Å². The third-order valence-electron chi connectivity index (χ3n) is 3.88. The van der Waals surface area contributed by atoms with Crippen molar-refractivity contribution in [3.05, 3.63) is 65.0 Å². The predicted molar refractivity (Wildman–Crippen MR) is 105 cm³/mol. The number of hydrogen-bond acceptors (Lipinski definition) is 6. The highest BCUT2D eigenvalue weighted by molar-refractivity contribution is 7.92. The minimum atomic E-state index is -4.19. The smallest absolute Gasteiger partial charge is 0.335 e. The van der Waals surface area contributed by atoms with Crippen molar-refractivity contribution in [3.8, 4) is 22.3 Å². The molecule has 0 aliphatic heterocycles. The zero-order chi connectivity index (χ0) is 20.3. The first-order valence-electron chi connectivity index (χ1n) is 7.88. The van der Waals surface area contributed by atoms with Crippen molar-refractivity contribution >= 4 is 33.0 Å². The summed E-state index contributed by atoms with van der Waals surface area (Å²) < 4.78 is 33.6. The normalized spacial score (nSPS) is 10.9. The van der Waals surface area contributed by atoms with E-state index in [1.54, 1.807) is 12.1 Å². The quantitative estimate of drug-likeness (QED) is 0.634. The molecule has 3 rings (SSSR count). The van der Waals surface area contributed by atoms with Crippen LogP contribution in [0.15, 0.2) is 58.8 Å². The Morgan fingerprint density at radius 3 is 2.61 bits per heavy atom. The number of anilines is 1. The molecule has 0 amide bonds. The van der Waals surface area contributed by atoms with Crippen LogP contribution >= 0.6 is 11.3 Å². The van der Waals surface area contributed by atoms with Crippen LogP contribution in [-0.2, 0) is 10.0 Å². The first kappa shape index (κ1) is 19.4. The van der Waals surface area contributed by atoms with Crippen LogP contribution in [0.2, 0.25) is 0 Å². The lowest BCUT2D eigenvalue weighted by molar-refractivity contribution is 0.0696. The fraction of sp³-hybridized carbons (Fsp3) is 0.0526. The highest BCUT2D eigenvalue weighted by atomic mass is 32.2. The van der Waals surface area contributed by atoms with E-state index in [-0.39, 0.29) is 27.5 Å². The zero-order valence-electron chi connectivity index (χ0n) is 14.5. The summed E-state index contributed by atoms with van der Waals surface area (Å²) in [4.78, 5) is 11.7. The number of hydrogen-bond donors (Lipinski definition) is 2. The fourth-order valence-corrected chi connectivity index (χ4v) is 4.60. The number of ether oxygens (including phenoxy) is 1. The van der Waals surface area contributed by atoms with E-state index in [0.29, 0.717) is 5.56 Å². The summed E-state index contributed by atoms with van der Waals surface area (Å²) in [5.74, 6) is -1.25. The molecule has 0 spiro atoms. The molecule has 0 bridgehead atoms. The van der Waals surface area contributed by atoms with Gasteiger partial charge in [-0.25, -0.2) is 13.2 Å². The third kappa shape index (κ3) is 3.83. The molecule has 2 aromatic carbocycles. The summed E-state index contributed by atoms with van der Waals surface area (Å²) in [5.41, 5.74) is 0.907. The molecule has 9 heteroatoms. The molecule has 1 heterocycles. The molecule has 0 aliphatic rings. The second-order valence-electron chi connectivity index (χ2n) is 5.63. The number of carboxylic acids is 1. The van der Waals surface area contributed by atoms with Gasteiger partial charge in [0.1, 0.15) is 10.6 Å². The van der Waals surface area contributed by atoms with Crippen molar-refractivity contribution in [2.75, 3.05) is 11.8 Å². The van der Waals surface area contributed by atoms with E-state index >= 15 is 0 Å². The molecule has 3 aromatic rings. The number of sulfonamides is 1. The number of nitrogens with zero attached hydrogens (tertiary/aromatic N) is 1. The van der Waals surface area contributed by atoms with Gasteiger partial charge in [0.25, 0.3) is 10.0 Å². The van der Waals surface area contributed by atoms with Crippen LogP contribution in [0.25, 0.3) is 10.4 Å². The van der Waals surface area contributed by atoms with Gasteiger partial charge in [0.15, 0.2) is 0 Å². The second-order valence-corrected chi connectivity index (χ2v) is 8.22. The fourth-order valence-electron chi connectivity index (χ4n) is 2.56. The van der Waals surface area contributed by atoms with Crippen LogP contribution < -0.4 is 9.46 Å². The Kier molecular flexibility index (Phi) is 5.35. The van der Waals surface area contributed by atoms with Gasteiger partial charge in [-0.1, -0.05) is 12.1 Å². The molecule has 7 nitrogen and oxygen atoms in total. The topological polar surface area (TPSA) is 116 Å². The lowest BCUT2D eigenvalue weighted by atomic mass is 10.1. The van der Waals surface area contributed by atoms with Crippen LogP contribution in [-0.4, -0.2) is 26.6 Å². The van der Waals surface area contributed by atoms with E-state index in [0.717, 1.165) is 10.9 Å². The second kappa shape index (κ2) is 7.72. The van der Waals surface area contributed by atoms with Gasteiger partial charge in [-0.05, 0) is 41.8 Å². The largest absolute Gasteiger partial charge is 0.495 e. The summed E-state index contributed by atoms with van der Waals surface area (Å²) in [5, 5.41) is 20.2. The van der Waals surface area contributed by atoms with E-state index in [4.69, 9.17) is 10.00 Å². The average molecular weight is 414 g/mol. The number of rotatable bonds is 6.